The lowest BCUT2D eigenvalue weighted by Crippen LogP contribution is -2.12. The number of aryl methyl sites for hydroxylation is 3. The zero-order valence-corrected chi connectivity index (χ0v) is 14.1. The van der Waals surface area contributed by atoms with Crippen molar-refractivity contribution >= 4 is 33.3 Å². The third-order valence-electron chi connectivity index (χ3n) is 4.44. The standard InChI is InChI=1S/C18H17FN2O2S/c1-10-11-6-5-7-12(19)16(11)23-15(10)17(22)21-18-20-13-8-3-2-4-9-14(13)24-18/h5-7H,2-4,8-9H2,1H3,(H,20,21,22). The molecular weight excluding hydrogens is 327 g/mol. The van der Waals surface area contributed by atoms with Gasteiger partial charge >= 0.3 is 0 Å². The quantitative estimate of drug-likeness (QED) is 0.676. The van der Waals surface area contributed by atoms with E-state index in [2.05, 4.69) is 10.3 Å². The van der Waals surface area contributed by atoms with E-state index in [1.165, 1.54) is 35.1 Å². The van der Waals surface area contributed by atoms with Crippen LogP contribution in [-0.4, -0.2) is 10.9 Å². The second-order valence-corrected chi connectivity index (χ2v) is 7.16. The number of thiazole rings is 1. The number of amides is 1. The van der Waals surface area contributed by atoms with Crippen molar-refractivity contribution < 1.29 is 13.6 Å². The Labute approximate surface area is 142 Å². The first kappa shape index (κ1) is 15.3. The molecule has 2 heterocycles. The summed E-state index contributed by atoms with van der Waals surface area (Å²) >= 11 is 1.53. The number of rotatable bonds is 2. The third-order valence-corrected chi connectivity index (χ3v) is 5.51. The zero-order valence-electron chi connectivity index (χ0n) is 13.3. The molecule has 1 amide bonds. The van der Waals surface area contributed by atoms with Crippen LogP contribution in [0, 0.1) is 12.7 Å². The van der Waals surface area contributed by atoms with Crippen molar-refractivity contribution in [2.24, 2.45) is 0 Å². The highest BCUT2D eigenvalue weighted by molar-refractivity contribution is 7.15. The van der Waals surface area contributed by atoms with Gasteiger partial charge in [0.1, 0.15) is 0 Å². The number of anilines is 1. The summed E-state index contributed by atoms with van der Waals surface area (Å²) in [6.45, 7) is 1.76. The Morgan fingerprint density at radius 2 is 2.12 bits per heavy atom. The van der Waals surface area contributed by atoms with E-state index in [9.17, 15) is 9.18 Å². The van der Waals surface area contributed by atoms with Gasteiger partial charge in [0.05, 0.1) is 5.69 Å². The van der Waals surface area contributed by atoms with Crippen molar-refractivity contribution in [1.29, 1.82) is 0 Å². The number of furan rings is 1. The van der Waals surface area contributed by atoms with Gasteiger partial charge in [-0.2, -0.15) is 0 Å². The molecule has 4 nitrogen and oxygen atoms in total. The summed E-state index contributed by atoms with van der Waals surface area (Å²) in [7, 11) is 0. The molecule has 0 spiro atoms. The highest BCUT2D eigenvalue weighted by Crippen LogP contribution is 2.31. The number of hydrogen-bond acceptors (Lipinski definition) is 4. The minimum atomic E-state index is -0.462. The van der Waals surface area contributed by atoms with E-state index in [0.717, 1.165) is 25.0 Å². The van der Waals surface area contributed by atoms with E-state index in [1.54, 1.807) is 19.1 Å². The summed E-state index contributed by atoms with van der Waals surface area (Å²) in [4.78, 5) is 18.3. The fraction of sp³-hybridized carbons (Fsp3) is 0.333. The maximum atomic E-state index is 13.8. The Hall–Kier alpha value is -2.21. The van der Waals surface area contributed by atoms with Crippen LogP contribution in [0.3, 0.4) is 0 Å². The summed E-state index contributed by atoms with van der Waals surface area (Å²) in [5.74, 6) is -0.705. The second-order valence-electron chi connectivity index (χ2n) is 6.08. The van der Waals surface area contributed by atoms with Gasteiger partial charge in [-0.15, -0.1) is 11.3 Å². The normalized spacial score (nSPS) is 14.4. The molecule has 24 heavy (non-hydrogen) atoms. The molecule has 1 aliphatic carbocycles. The fourth-order valence-corrected chi connectivity index (χ4v) is 4.21. The number of aromatic nitrogens is 1. The van der Waals surface area contributed by atoms with E-state index in [4.69, 9.17) is 4.42 Å². The molecule has 0 fully saturated rings. The van der Waals surface area contributed by atoms with Crippen LogP contribution in [0.2, 0.25) is 0 Å². The largest absolute Gasteiger partial charge is 0.448 e. The first-order valence-electron chi connectivity index (χ1n) is 8.11. The lowest BCUT2D eigenvalue weighted by molar-refractivity contribution is 0.0997. The minimum absolute atomic E-state index is 0.120. The molecule has 0 saturated carbocycles. The predicted molar refractivity (Wildman–Crippen MR) is 92.2 cm³/mol. The van der Waals surface area contributed by atoms with Crippen LogP contribution in [0.1, 0.15) is 46.0 Å². The first-order chi connectivity index (χ1) is 11.6. The molecule has 1 N–H and O–H groups in total. The van der Waals surface area contributed by atoms with Crippen LogP contribution in [0.4, 0.5) is 9.52 Å². The number of carbonyl (C=O) groups is 1. The van der Waals surface area contributed by atoms with Crippen LogP contribution >= 0.6 is 11.3 Å². The van der Waals surface area contributed by atoms with Gasteiger partial charge < -0.3 is 4.42 Å². The van der Waals surface area contributed by atoms with Crippen molar-refractivity contribution in [2.75, 3.05) is 5.32 Å². The summed E-state index contributed by atoms with van der Waals surface area (Å²) in [5.41, 5.74) is 1.86. The van der Waals surface area contributed by atoms with Gasteiger partial charge in [-0.25, -0.2) is 9.37 Å². The van der Waals surface area contributed by atoms with Crippen molar-refractivity contribution in [3.8, 4) is 0 Å². The maximum absolute atomic E-state index is 13.8. The molecule has 0 bridgehead atoms. The Kier molecular flexibility index (Phi) is 3.84. The van der Waals surface area contributed by atoms with Crippen molar-refractivity contribution in [1.82, 2.24) is 4.98 Å². The monoisotopic (exact) mass is 344 g/mol. The van der Waals surface area contributed by atoms with Gasteiger partial charge in [-0.05, 0) is 38.7 Å². The molecule has 4 rings (SSSR count). The van der Waals surface area contributed by atoms with Crippen molar-refractivity contribution in [3.05, 3.63) is 45.9 Å². The third kappa shape index (κ3) is 2.60. The molecule has 3 aromatic rings. The van der Waals surface area contributed by atoms with Crippen molar-refractivity contribution in [3.63, 3.8) is 0 Å². The summed E-state index contributed by atoms with van der Waals surface area (Å²) in [5, 5.41) is 4.02. The Morgan fingerprint density at radius 1 is 1.29 bits per heavy atom. The Morgan fingerprint density at radius 3 is 2.96 bits per heavy atom. The van der Waals surface area contributed by atoms with Gasteiger partial charge in [0, 0.05) is 15.8 Å². The number of benzene rings is 1. The van der Waals surface area contributed by atoms with E-state index >= 15 is 0 Å². The molecule has 124 valence electrons. The average molecular weight is 344 g/mol. The molecule has 1 aliphatic rings. The number of fused-ring (bicyclic) bond motifs is 2. The zero-order chi connectivity index (χ0) is 16.7. The molecule has 6 heteroatoms. The van der Waals surface area contributed by atoms with Crippen LogP contribution in [0.25, 0.3) is 11.0 Å². The molecule has 0 unspecified atom stereocenters. The summed E-state index contributed by atoms with van der Waals surface area (Å²) in [6, 6.07) is 4.68. The van der Waals surface area contributed by atoms with Gasteiger partial charge in [0.25, 0.3) is 5.91 Å². The smallest absolute Gasteiger partial charge is 0.293 e. The summed E-state index contributed by atoms with van der Waals surface area (Å²) in [6.07, 6.45) is 5.54. The lowest BCUT2D eigenvalue weighted by atomic mass is 10.1. The van der Waals surface area contributed by atoms with E-state index < -0.39 is 5.82 Å². The Bertz CT molecular complexity index is 905. The predicted octanol–water partition coefficient (Wildman–Crippen LogP) is 4.86. The fourth-order valence-electron chi connectivity index (χ4n) is 3.16. The summed E-state index contributed by atoms with van der Waals surface area (Å²) < 4.78 is 19.3. The van der Waals surface area contributed by atoms with E-state index in [1.807, 2.05) is 0 Å². The maximum Gasteiger partial charge on any atom is 0.293 e. The Balaban J connectivity index is 1.63. The van der Waals surface area contributed by atoms with Crippen LogP contribution in [0.5, 0.6) is 0 Å². The minimum Gasteiger partial charge on any atom is -0.448 e. The molecule has 2 aromatic heterocycles. The number of nitrogens with one attached hydrogen (secondary N) is 1. The van der Waals surface area contributed by atoms with Gasteiger partial charge in [-0.3, -0.25) is 10.1 Å². The molecule has 0 radical (unpaired) electrons. The molecule has 0 aliphatic heterocycles. The first-order valence-corrected chi connectivity index (χ1v) is 8.92. The topological polar surface area (TPSA) is 55.1 Å². The molecular formula is C18H17FN2O2S. The van der Waals surface area contributed by atoms with E-state index in [0.29, 0.717) is 16.1 Å². The average Bonchev–Trinajstić information content (AvgIpc) is 3.02. The number of halogens is 1. The molecule has 0 saturated heterocycles. The second kappa shape index (κ2) is 6.02. The SMILES string of the molecule is Cc1c(C(=O)Nc2nc3c(s2)CCCCC3)oc2c(F)cccc12. The van der Waals surface area contributed by atoms with Gasteiger partial charge in [0.2, 0.25) is 0 Å². The number of carbonyl (C=O) groups excluding carboxylic acids is 1. The molecule has 0 atom stereocenters. The van der Waals surface area contributed by atoms with Crippen molar-refractivity contribution in [2.45, 2.75) is 39.0 Å². The van der Waals surface area contributed by atoms with E-state index in [-0.39, 0.29) is 17.3 Å². The highest BCUT2D eigenvalue weighted by Gasteiger charge is 2.21. The van der Waals surface area contributed by atoms with Gasteiger partial charge in [-0.1, -0.05) is 18.6 Å². The van der Waals surface area contributed by atoms with Gasteiger partial charge in [0.15, 0.2) is 22.3 Å². The number of hydrogen-bond donors (Lipinski definition) is 1. The number of para-hydroxylation sites is 1. The molecule has 1 aromatic carbocycles. The lowest BCUT2D eigenvalue weighted by Gasteiger charge is -1.99. The van der Waals surface area contributed by atoms with Crippen LogP contribution in [-0.2, 0) is 12.8 Å². The van der Waals surface area contributed by atoms with Crippen LogP contribution in [0.15, 0.2) is 22.6 Å². The van der Waals surface area contributed by atoms with Crippen LogP contribution < -0.4 is 5.32 Å². The highest BCUT2D eigenvalue weighted by atomic mass is 32.1. The number of nitrogens with zero attached hydrogens (tertiary/aromatic N) is 1.